The highest BCUT2D eigenvalue weighted by atomic mass is 32.2. The molecule has 0 aromatic rings. The van der Waals surface area contributed by atoms with Crippen molar-refractivity contribution in [3.63, 3.8) is 0 Å². The second kappa shape index (κ2) is 28.1. The van der Waals surface area contributed by atoms with Gasteiger partial charge in [-0.15, -0.1) is 0 Å². The van der Waals surface area contributed by atoms with Gasteiger partial charge in [0.1, 0.15) is 36.6 Å². The molecule has 0 aromatic carbocycles. The second-order valence-electron chi connectivity index (χ2n) is 15.6. The summed E-state index contributed by atoms with van der Waals surface area (Å²) in [5.41, 5.74) is 0. The highest BCUT2D eigenvalue weighted by molar-refractivity contribution is 7.92. The van der Waals surface area contributed by atoms with Crippen LogP contribution >= 0.6 is 0 Å². The molecule has 0 aromatic heterocycles. The molecule has 7 N–H and O–H groups in total. The molecule has 2 saturated heterocycles. The van der Waals surface area contributed by atoms with Gasteiger partial charge in [0.2, 0.25) is 0 Å². The highest BCUT2D eigenvalue weighted by Crippen LogP contribution is 2.24. The molecular formula is C39H78N2O9S. The molecule has 0 radical (unpaired) electrons. The van der Waals surface area contributed by atoms with Crippen molar-refractivity contribution in [3.05, 3.63) is 0 Å². The Morgan fingerprint density at radius 3 is 1.88 bits per heavy atom. The third-order valence-electron chi connectivity index (χ3n) is 10.8. The molecule has 0 spiro atoms. The minimum absolute atomic E-state index is 0.332. The van der Waals surface area contributed by atoms with E-state index in [1.165, 1.54) is 103 Å². The minimum atomic E-state index is -2.73. The Balaban J connectivity index is 1.80. The average Bonchev–Trinajstić information content (AvgIpc) is 3.64. The van der Waals surface area contributed by atoms with E-state index in [1.54, 1.807) is 6.26 Å². The predicted molar refractivity (Wildman–Crippen MR) is 205 cm³/mol. The van der Waals surface area contributed by atoms with Gasteiger partial charge in [0.15, 0.2) is 6.29 Å². The number of rotatable bonds is 31. The first kappa shape index (κ1) is 46.7. The van der Waals surface area contributed by atoms with E-state index in [0.29, 0.717) is 12.2 Å². The summed E-state index contributed by atoms with van der Waals surface area (Å²) in [6, 6.07) is -1.07. The van der Waals surface area contributed by atoms with E-state index in [1.807, 2.05) is 0 Å². The molecule has 304 valence electrons. The topological polar surface area (TPSA) is 181 Å². The lowest BCUT2D eigenvalue weighted by Crippen LogP contribution is -2.59. The molecular weight excluding hydrogens is 673 g/mol. The lowest BCUT2D eigenvalue weighted by Gasteiger charge is -2.40. The SMILES string of the molecule is CCCCCCCCCCCCCC[C@@H](O)[C@@H](O)[C@H](COC1OC(CO)C(O)C(O)C1O)N=S(C)(=O)CCCCCCCCCCC1CCNC1. The number of nitrogens with one attached hydrogen (secondary N) is 1. The largest absolute Gasteiger partial charge is 0.394 e. The molecule has 2 heterocycles. The molecule has 51 heavy (non-hydrogen) atoms. The fourth-order valence-corrected chi connectivity index (χ4v) is 8.98. The van der Waals surface area contributed by atoms with Crippen LogP contribution in [0.5, 0.6) is 0 Å². The normalized spacial score (nSPS) is 26.9. The number of aliphatic hydroxyl groups is 6. The monoisotopic (exact) mass is 751 g/mol. The van der Waals surface area contributed by atoms with Crippen LogP contribution in [0.25, 0.3) is 0 Å². The zero-order valence-electron chi connectivity index (χ0n) is 32.3. The van der Waals surface area contributed by atoms with Gasteiger partial charge in [-0.1, -0.05) is 129 Å². The summed E-state index contributed by atoms with van der Waals surface area (Å²) in [7, 11) is -2.73. The van der Waals surface area contributed by atoms with E-state index >= 15 is 0 Å². The number of hydrogen-bond acceptors (Lipinski definition) is 11. The quantitative estimate of drug-likeness (QED) is 0.0466. The van der Waals surface area contributed by atoms with Crippen LogP contribution < -0.4 is 5.32 Å². The summed E-state index contributed by atoms with van der Waals surface area (Å²) in [6.07, 6.45) is 18.1. The Hall–Kier alpha value is -0.410. The smallest absolute Gasteiger partial charge is 0.186 e. The van der Waals surface area contributed by atoms with Gasteiger partial charge in [-0.2, -0.15) is 0 Å². The minimum Gasteiger partial charge on any atom is -0.394 e. The van der Waals surface area contributed by atoms with Gasteiger partial charge in [0, 0.05) is 21.7 Å². The third kappa shape index (κ3) is 20.2. The standard InChI is InChI=1S/C39H78N2O9S/c1-3-4-5-6-7-8-9-10-11-15-18-21-24-33(43)35(44)32(30-49-39-38(47)37(46)36(45)34(29-42)50-39)41-51(2,48)27-22-19-16-13-12-14-17-20-23-31-25-26-40-28-31/h31-40,42-47H,3-30H2,1-2H3/t31?,32-,33+,34?,35-,36?,37?,38?,39?,51?/m0/s1. The number of hydrogen-bond donors (Lipinski definition) is 7. The van der Waals surface area contributed by atoms with Crippen LogP contribution in [0, 0.1) is 5.92 Å². The van der Waals surface area contributed by atoms with Crippen molar-refractivity contribution >= 4 is 9.73 Å². The van der Waals surface area contributed by atoms with Gasteiger partial charge < -0.3 is 45.4 Å². The molecule has 7 unspecified atom stereocenters. The van der Waals surface area contributed by atoms with E-state index in [-0.39, 0.29) is 6.61 Å². The molecule has 10 atom stereocenters. The first-order chi connectivity index (χ1) is 24.6. The molecule has 2 aliphatic rings. The van der Waals surface area contributed by atoms with Crippen molar-refractivity contribution in [2.75, 3.05) is 38.3 Å². The van der Waals surface area contributed by atoms with Gasteiger partial charge in [0.05, 0.1) is 19.3 Å². The van der Waals surface area contributed by atoms with Crippen molar-refractivity contribution in [2.24, 2.45) is 10.3 Å². The molecule has 2 fully saturated rings. The van der Waals surface area contributed by atoms with Gasteiger partial charge in [-0.05, 0) is 44.7 Å². The molecule has 11 nitrogen and oxygen atoms in total. The molecule has 12 heteroatoms. The highest BCUT2D eigenvalue weighted by Gasteiger charge is 2.44. The lowest BCUT2D eigenvalue weighted by molar-refractivity contribution is -0.302. The average molecular weight is 751 g/mol. The predicted octanol–water partition coefficient (Wildman–Crippen LogP) is 5.20. The number of aliphatic hydroxyl groups excluding tert-OH is 6. The van der Waals surface area contributed by atoms with Crippen molar-refractivity contribution < 1.29 is 44.3 Å². The Morgan fingerprint density at radius 2 is 1.33 bits per heavy atom. The van der Waals surface area contributed by atoms with Gasteiger partial charge >= 0.3 is 0 Å². The van der Waals surface area contributed by atoms with Gasteiger partial charge in [-0.3, -0.25) is 4.21 Å². The van der Waals surface area contributed by atoms with E-state index in [9.17, 15) is 34.8 Å². The van der Waals surface area contributed by atoms with Crippen LogP contribution in [-0.4, -0.2) is 122 Å². The number of nitrogens with zero attached hydrogens (tertiary/aromatic N) is 1. The summed E-state index contributed by atoms with van der Waals surface area (Å²) in [4.78, 5) is 0. The zero-order valence-corrected chi connectivity index (χ0v) is 33.1. The van der Waals surface area contributed by atoms with E-state index in [0.717, 1.165) is 57.3 Å². The maximum Gasteiger partial charge on any atom is 0.186 e. The Labute approximate surface area is 310 Å². The van der Waals surface area contributed by atoms with Crippen LogP contribution in [-0.2, 0) is 19.2 Å². The number of unbranched alkanes of at least 4 members (excludes halogenated alkanes) is 18. The summed E-state index contributed by atoms with van der Waals surface area (Å²) < 4.78 is 29.3. The van der Waals surface area contributed by atoms with Gasteiger partial charge in [0.25, 0.3) is 0 Å². The summed E-state index contributed by atoms with van der Waals surface area (Å²) >= 11 is 0. The molecule has 0 amide bonds. The van der Waals surface area contributed by atoms with Crippen molar-refractivity contribution in [1.29, 1.82) is 0 Å². The molecule has 0 bridgehead atoms. The summed E-state index contributed by atoms with van der Waals surface area (Å²) in [5.74, 6) is 1.22. The fourth-order valence-electron chi connectivity index (χ4n) is 7.38. The van der Waals surface area contributed by atoms with Crippen LogP contribution in [0.2, 0.25) is 0 Å². The lowest BCUT2D eigenvalue weighted by atomic mass is 9.99. The van der Waals surface area contributed by atoms with Crippen LogP contribution in [0.1, 0.15) is 155 Å². The Morgan fingerprint density at radius 1 is 0.784 bits per heavy atom. The number of ether oxygens (including phenoxy) is 2. The first-order valence-corrected chi connectivity index (χ1v) is 22.9. The van der Waals surface area contributed by atoms with Crippen molar-refractivity contribution in [2.45, 2.75) is 204 Å². The maximum atomic E-state index is 13.6. The zero-order chi connectivity index (χ0) is 37.3. The van der Waals surface area contributed by atoms with Crippen LogP contribution in [0.3, 0.4) is 0 Å². The van der Waals surface area contributed by atoms with E-state index < -0.39 is 65.3 Å². The molecule has 2 aliphatic heterocycles. The van der Waals surface area contributed by atoms with Crippen LogP contribution in [0.15, 0.2) is 4.36 Å². The van der Waals surface area contributed by atoms with Crippen LogP contribution in [0.4, 0.5) is 0 Å². The Kier molecular flexibility index (Phi) is 25.7. The van der Waals surface area contributed by atoms with E-state index in [4.69, 9.17) is 9.47 Å². The summed E-state index contributed by atoms with van der Waals surface area (Å²) in [6.45, 7) is 3.65. The molecule has 0 aliphatic carbocycles. The first-order valence-electron chi connectivity index (χ1n) is 20.8. The van der Waals surface area contributed by atoms with Crippen molar-refractivity contribution in [3.8, 4) is 0 Å². The third-order valence-corrected chi connectivity index (χ3v) is 12.6. The second-order valence-corrected chi connectivity index (χ2v) is 18.1. The fraction of sp³-hybridized carbons (Fsp3) is 1.00. The van der Waals surface area contributed by atoms with E-state index in [2.05, 4.69) is 16.6 Å². The van der Waals surface area contributed by atoms with Gasteiger partial charge in [-0.25, -0.2) is 4.36 Å². The molecule has 2 rings (SSSR count). The summed E-state index contributed by atoms with van der Waals surface area (Å²) in [5, 5.41) is 65.9. The van der Waals surface area contributed by atoms with Crippen molar-refractivity contribution in [1.82, 2.24) is 5.32 Å². The molecule has 0 saturated carbocycles. The Bertz CT molecular complexity index is 961. The maximum absolute atomic E-state index is 13.6.